The molecule has 5 N–H and O–H groups in total. The fourth-order valence-electron chi connectivity index (χ4n) is 2.99. The van der Waals surface area contributed by atoms with E-state index in [1.807, 2.05) is 6.07 Å². The number of rotatable bonds is 17. The van der Waals surface area contributed by atoms with Crippen molar-refractivity contribution < 1.29 is 28.6 Å². The molecule has 2 amide bonds. The van der Waals surface area contributed by atoms with Gasteiger partial charge in [0, 0.05) is 32.8 Å². The number of nitrogens with one attached hydrogen (secondary N) is 2. The third-order valence-corrected chi connectivity index (χ3v) is 4.91. The molecule has 0 aliphatic carbocycles. The van der Waals surface area contributed by atoms with Crippen LogP contribution in [0.5, 0.6) is 0 Å². The zero-order chi connectivity index (χ0) is 27.4. The van der Waals surface area contributed by atoms with Crippen LogP contribution in [0.4, 0.5) is 9.18 Å². The van der Waals surface area contributed by atoms with Gasteiger partial charge in [0.1, 0.15) is 5.82 Å². The molecule has 0 saturated carbocycles. The summed E-state index contributed by atoms with van der Waals surface area (Å²) in [6, 6.07) is 6.99. The predicted molar refractivity (Wildman–Crippen MR) is 142 cm³/mol. The lowest BCUT2D eigenvalue weighted by Crippen LogP contribution is -2.32. The molecule has 36 heavy (non-hydrogen) atoms. The molecule has 0 bridgehead atoms. The van der Waals surface area contributed by atoms with Crippen LogP contribution in [-0.2, 0) is 20.7 Å². The van der Waals surface area contributed by atoms with Gasteiger partial charge in [0.05, 0.1) is 13.7 Å². The van der Waals surface area contributed by atoms with E-state index in [0.717, 1.165) is 57.2 Å². The molecule has 0 saturated heterocycles. The van der Waals surface area contributed by atoms with Crippen LogP contribution in [0.3, 0.4) is 0 Å². The number of aliphatic hydroxyl groups is 1. The van der Waals surface area contributed by atoms with Crippen LogP contribution in [0, 0.1) is 5.82 Å². The summed E-state index contributed by atoms with van der Waals surface area (Å²) in [6.07, 6.45) is 9.05. The summed E-state index contributed by atoms with van der Waals surface area (Å²) in [6.45, 7) is 2.72. The average Bonchev–Trinajstić information content (AvgIpc) is 2.86. The van der Waals surface area contributed by atoms with Gasteiger partial charge in [-0.25, -0.2) is 9.18 Å². The van der Waals surface area contributed by atoms with Gasteiger partial charge in [-0.15, -0.1) is 0 Å². The average molecular weight is 517 g/mol. The van der Waals surface area contributed by atoms with Gasteiger partial charge in [-0.2, -0.15) is 0 Å². The van der Waals surface area contributed by atoms with Crippen molar-refractivity contribution in [2.24, 2.45) is 5.73 Å². The van der Waals surface area contributed by atoms with E-state index >= 15 is 0 Å². The van der Waals surface area contributed by atoms with Crippen molar-refractivity contribution in [3.8, 4) is 0 Å². The third-order valence-electron chi connectivity index (χ3n) is 4.91. The highest BCUT2D eigenvalue weighted by molar-refractivity contribution is 5.66. The molecule has 10 heteroatoms. The maximum atomic E-state index is 12.8. The van der Waals surface area contributed by atoms with Crippen LogP contribution < -0.4 is 16.4 Å². The standard InChI is InChI=1S/C13H20FN.C9H20N2O2.C4H9NO3/c1-15(2)10-5-3-4-7-12-8-6-9-13(14)11-12;1-13-6-4-2-3-5-9(10)7-11-8-12;1-8-4(7)5-2-3-6/h6,8-9,11H,3-5,7,10H2,1-2H3;8-9H,2-7,10H2,1H3,(H,11,12);6H,2-3H2,1H3,(H,5,7). The number of nitrogens with zero attached hydrogens (tertiary/aromatic N) is 1. The van der Waals surface area contributed by atoms with Gasteiger partial charge in [-0.1, -0.05) is 31.4 Å². The Balaban J connectivity index is 0. The predicted octanol–water partition coefficient (Wildman–Crippen LogP) is 2.70. The van der Waals surface area contributed by atoms with Crippen molar-refractivity contribution in [3.05, 3.63) is 35.6 Å². The largest absolute Gasteiger partial charge is 0.453 e. The number of hydrogen-bond acceptors (Lipinski definition) is 7. The second-order valence-corrected chi connectivity index (χ2v) is 8.51. The van der Waals surface area contributed by atoms with E-state index < -0.39 is 6.09 Å². The topological polar surface area (TPSA) is 126 Å². The summed E-state index contributed by atoms with van der Waals surface area (Å²) in [4.78, 5) is 22.3. The van der Waals surface area contributed by atoms with Crippen molar-refractivity contribution in [1.29, 1.82) is 0 Å². The number of nitrogens with two attached hydrogens (primary N) is 1. The summed E-state index contributed by atoms with van der Waals surface area (Å²) >= 11 is 0. The fraction of sp³-hybridized carbons (Fsp3) is 0.692. The van der Waals surface area contributed by atoms with Gasteiger partial charge < -0.3 is 35.8 Å². The zero-order valence-corrected chi connectivity index (χ0v) is 22.6. The summed E-state index contributed by atoms with van der Waals surface area (Å²) in [7, 11) is 7.16. The summed E-state index contributed by atoms with van der Waals surface area (Å²) in [5, 5.41) is 13.0. The summed E-state index contributed by atoms with van der Waals surface area (Å²) in [5.41, 5.74) is 6.83. The van der Waals surface area contributed by atoms with E-state index in [0.29, 0.717) is 13.0 Å². The quantitative estimate of drug-likeness (QED) is 0.185. The molecule has 1 rings (SSSR count). The van der Waals surface area contributed by atoms with Crippen molar-refractivity contribution >= 4 is 12.5 Å². The van der Waals surface area contributed by atoms with Crippen LogP contribution in [0.25, 0.3) is 0 Å². The molecule has 0 aliphatic heterocycles. The van der Waals surface area contributed by atoms with Gasteiger partial charge in [0.15, 0.2) is 0 Å². The summed E-state index contributed by atoms with van der Waals surface area (Å²) in [5.74, 6) is -0.124. The molecule has 0 radical (unpaired) electrons. The number of halogens is 1. The van der Waals surface area contributed by atoms with Gasteiger partial charge in [0.2, 0.25) is 6.41 Å². The first-order valence-electron chi connectivity index (χ1n) is 12.5. The van der Waals surface area contributed by atoms with Crippen LogP contribution in [0.1, 0.15) is 50.5 Å². The molecule has 0 aromatic heterocycles. The molecule has 0 spiro atoms. The lowest BCUT2D eigenvalue weighted by molar-refractivity contribution is -0.109. The second kappa shape index (κ2) is 27.3. The first kappa shape index (κ1) is 35.9. The molecular weight excluding hydrogens is 467 g/mol. The smallest absolute Gasteiger partial charge is 0.406 e. The molecule has 1 aromatic carbocycles. The highest BCUT2D eigenvalue weighted by atomic mass is 19.1. The second-order valence-electron chi connectivity index (χ2n) is 8.51. The minimum atomic E-state index is -0.515. The Morgan fingerprint density at radius 2 is 1.89 bits per heavy atom. The number of aliphatic hydroxyl groups excluding tert-OH is 1. The highest BCUT2D eigenvalue weighted by Gasteiger charge is 2.00. The molecular formula is C26H49FN4O5. The molecule has 9 nitrogen and oxygen atoms in total. The number of methoxy groups -OCH3 is 2. The molecule has 1 aromatic rings. The Morgan fingerprint density at radius 1 is 1.17 bits per heavy atom. The lowest BCUT2D eigenvalue weighted by atomic mass is 10.1. The maximum absolute atomic E-state index is 12.8. The normalized spacial score (nSPS) is 10.9. The number of aryl methyl sites for hydroxylation is 1. The molecule has 1 unspecified atom stereocenters. The highest BCUT2D eigenvalue weighted by Crippen LogP contribution is 2.08. The number of amides is 2. The third kappa shape index (κ3) is 28.0. The number of carbonyl (C=O) groups is 2. The van der Waals surface area contributed by atoms with E-state index in [1.165, 1.54) is 26.0 Å². The van der Waals surface area contributed by atoms with Crippen LogP contribution in [-0.4, -0.2) is 89.7 Å². The van der Waals surface area contributed by atoms with E-state index in [2.05, 4.69) is 34.4 Å². The van der Waals surface area contributed by atoms with Crippen LogP contribution in [0.2, 0.25) is 0 Å². The van der Waals surface area contributed by atoms with E-state index in [4.69, 9.17) is 15.6 Å². The van der Waals surface area contributed by atoms with Crippen molar-refractivity contribution in [1.82, 2.24) is 15.5 Å². The lowest BCUT2D eigenvalue weighted by Gasteiger charge is -2.09. The van der Waals surface area contributed by atoms with Crippen LogP contribution >= 0.6 is 0 Å². The summed E-state index contributed by atoms with van der Waals surface area (Å²) < 4.78 is 22.0. The Bertz CT molecular complexity index is 638. The minimum absolute atomic E-state index is 0.0604. The van der Waals surface area contributed by atoms with Crippen LogP contribution in [0.15, 0.2) is 24.3 Å². The molecule has 0 heterocycles. The van der Waals surface area contributed by atoms with E-state index in [1.54, 1.807) is 19.2 Å². The Kier molecular flexibility index (Phi) is 27.2. The van der Waals surface area contributed by atoms with Gasteiger partial charge in [-0.3, -0.25) is 4.79 Å². The Hall–Kier alpha value is -2.27. The molecule has 0 fully saturated rings. The van der Waals surface area contributed by atoms with Gasteiger partial charge >= 0.3 is 6.09 Å². The zero-order valence-electron chi connectivity index (χ0n) is 22.6. The number of alkyl carbamates (subject to hydrolysis) is 1. The molecule has 0 aliphatic rings. The van der Waals surface area contributed by atoms with Crippen molar-refractivity contribution in [2.75, 3.05) is 61.2 Å². The number of unbranched alkanes of at least 4 members (excludes halogenated alkanes) is 4. The monoisotopic (exact) mass is 516 g/mol. The first-order valence-corrected chi connectivity index (χ1v) is 12.5. The number of hydrogen-bond donors (Lipinski definition) is 4. The number of ether oxygens (including phenoxy) is 2. The SMILES string of the molecule is CN(C)CCCCCc1cccc(F)c1.COC(=O)NCCO.COCCCCCC(N)CNC=O. The maximum Gasteiger partial charge on any atom is 0.406 e. The van der Waals surface area contributed by atoms with Crippen molar-refractivity contribution in [2.45, 2.75) is 57.4 Å². The minimum Gasteiger partial charge on any atom is -0.453 e. The van der Waals surface area contributed by atoms with E-state index in [9.17, 15) is 14.0 Å². The first-order chi connectivity index (χ1) is 17.3. The fourth-order valence-corrected chi connectivity index (χ4v) is 2.99. The van der Waals surface area contributed by atoms with Crippen molar-refractivity contribution in [3.63, 3.8) is 0 Å². The number of carbonyl (C=O) groups excluding carboxylic acids is 2. The molecule has 1 atom stereocenters. The van der Waals surface area contributed by atoms with E-state index in [-0.39, 0.29) is 25.0 Å². The van der Waals surface area contributed by atoms with Gasteiger partial charge in [0.25, 0.3) is 0 Å². The number of benzene rings is 1. The Labute approximate surface area is 216 Å². The Morgan fingerprint density at radius 3 is 2.47 bits per heavy atom. The molecule has 210 valence electrons. The van der Waals surface area contributed by atoms with Gasteiger partial charge in [-0.05, 0) is 70.4 Å².